The standard InChI is InChI=1S/C8H10ClNO2/c9-4-7-12-8(11)10-5-2-1-3-6-10/h2-3,5-6H,1,4,7H2. The van der Waals surface area contributed by atoms with E-state index in [0.717, 1.165) is 6.42 Å². The van der Waals surface area contributed by atoms with E-state index in [2.05, 4.69) is 0 Å². The Morgan fingerprint density at radius 2 is 2.17 bits per heavy atom. The highest BCUT2D eigenvalue weighted by molar-refractivity contribution is 6.18. The molecule has 0 saturated heterocycles. The van der Waals surface area contributed by atoms with Crippen molar-refractivity contribution in [3.05, 3.63) is 24.6 Å². The smallest absolute Gasteiger partial charge is 0.417 e. The molecule has 0 aliphatic carbocycles. The van der Waals surface area contributed by atoms with Gasteiger partial charge in [-0.2, -0.15) is 0 Å². The van der Waals surface area contributed by atoms with Gasteiger partial charge in [-0.05, 0) is 6.42 Å². The topological polar surface area (TPSA) is 29.5 Å². The van der Waals surface area contributed by atoms with Crippen molar-refractivity contribution < 1.29 is 9.53 Å². The van der Waals surface area contributed by atoms with E-state index in [0.29, 0.717) is 5.88 Å². The Kier molecular flexibility index (Phi) is 3.67. The van der Waals surface area contributed by atoms with Crippen LogP contribution in [-0.2, 0) is 4.74 Å². The number of allylic oxidation sites excluding steroid dienone is 2. The minimum absolute atomic E-state index is 0.249. The summed E-state index contributed by atoms with van der Waals surface area (Å²) >= 11 is 5.35. The summed E-state index contributed by atoms with van der Waals surface area (Å²) in [7, 11) is 0. The zero-order valence-corrected chi connectivity index (χ0v) is 7.33. The quantitative estimate of drug-likeness (QED) is 0.620. The van der Waals surface area contributed by atoms with Gasteiger partial charge >= 0.3 is 6.09 Å². The van der Waals surface area contributed by atoms with Crippen LogP contribution in [0.2, 0.25) is 0 Å². The summed E-state index contributed by atoms with van der Waals surface area (Å²) in [4.78, 5) is 12.5. The van der Waals surface area contributed by atoms with Gasteiger partial charge in [0.2, 0.25) is 0 Å². The van der Waals surface area contributed by atoms with E-state index >= 15 is 0 Å². The van der Waals surface area contributed by atoms with Crippen molar-refractivity contribution in [2.24, 2.45) is 0 Å². The van der Waals surface area contributed by atoms with Gasteiger partial charge in [0.15, 0.2) is 0 Å². The molecule has 1 aliphatic heterocycles. The molecule has 1 amide bonds. The fourth-order valence-electron chi connectivity index (χ4n) is 0.799. The Balaban J connectivity index is 2.35. The van der Waals surface area contributed by atoms with Crippen LogP contribution < -0.4 is 0 Å². The maximum absolute atomic E-state index is 11.1. The van der Waals surface area contributed by atoms with Crippen LogP contribution in [0.3, 0.4) is 0 Å². The molecule has 0 aromatic rings. The maximum atomic E-state index is 11.1. The molecule has 0 fully saturated rings. The lowest BCUT2D eigenvalue weighted by atomic mass is 10.3. The second-order valence-corrected chi connectivity index (χ2v) is 2.59. The Bertz CT molecular complexity index is 201. The van der Waals surface area contributed by atoms with Gasteiger partial charge in [-0.15, -0.1) is 11.6 Å². The number of ether oxygens (including phenoxy) is 1. The van der Waals surface area contributed by atoms with Gasteiger partial charge < -0.3 is 4.74 Å². The molecule has 0 aromatic heterocycles. The van der Waals surface area contributed by atoms with E-state index in [-0.39, 0.29) is 12.7 Å². The Hall–Kier alpha value is -0.960. The first-order chi connectivity index (χ1) is 5.84. The summed E-state index contributed by atoms with van der Waals surface area (Å²) in [6.45, 7) is 0.249. The number of amides is 1. The van der Waals surface area contributed by atoms with Crippen molar-refractivity contribution in [2.45, 2.75) is 6.42 Å². The molecule has 1 rings (SSSR count). The molecular formula is C8H10ClNO2. The number of nitrogens with zero attached hydrogens (tertiary/aromatic N) is 1. The molecule has 0 spiro atoms. The average Bonchev–Trinajstić information content (AvgIpc) is 2.15. The van der Waals surface area contributed by atoms with E-state index in [9.17, 15) is 4.79 Å². The number of alkyl halides is 1. The van der Waals surface area contributed by atoms with E-state index in [1.54, 1.807) is 12.4 Å². The van der Waals surface area contributed by atoms with Crippen LogP contribution in [0.4, 0.5) is 4.79 Å². The van der Waals surface area contributed by atoms with Crippen LogP contribution in [0.15, 0.2) is 24.6 Å². The van der Waals surface area contributed by atoms with Crippen LogP contribution in [0, 0.1) is 0 Å². The number of halogens is 1. The minimum atomic E-state index is -0.386. The molecule has 66 valence electrons. The SMILES string of the molecule is O=C(OCCCl)N1C=CCC=C1. The maximum Gasteiger partial charge on any atom is 0.417 e. The zero-order valence-electron chi connectivity index (χ0n) is 6.57. The Morgan fingerprint density at radius 3 is 2.75 bits per heavy atom. The van der Waals surface area contributed by atoms with Crippen LogP contribution >= 0.6 is 11.6 Å². The van der Waals surface area contributed by atoms with Crippen molar-refractivity contribution >= 4 is 17.7 Å². The zero-order chi connectivity index (χ0) is 8.81. The normalized spacial score (nSPS) is 14.9. The first-order valence-electron chi connectivity index (χ1n) is 3.69. The second kappa shape index (κ2) is 4.83. The van der Waals surface area contributed by atoms with Crippen molar-refractivity contribution in [2.75, 3.05) is 12.5 Å². The molecule has 0 bridgehead atoms. The number of carbonyl (C=O) groups is 1. The summed E-state index contributed by atoms with van der Waals surface area (Å²) in [5, 5.41) is 0. The predicted molar refractivity (Wildman–Crippen MR) is 46.8 cm³/mol. The lowest BCUT2D eigenvalue weighted by Crippen LogP contribution is -2.22. The average molecular weight is 188 g/mol. The molecule has 12 heavy (non-hydrogen) atoms. The van der Waals surface area contributed by atoms with Crippen molar-refractivity contribution in [1.29, 1.82) is 0 Å². The summed E-state index contributed by atoms with van der Waals surface area (Å²) in [5.74, 6) is 0.326. The Labute approximate surface area is 76.2 Å². The number of carbonyl (C=O) groups excluding carboxylic acids is 1. The van der Waals surface area contributed by atoms with E-state index < -0.39 is 0 Å². The monoisotopic (exact) mass is 187 g/mol. The molecule has 0 unspecified atom stereocenters. The third-order valence-corrected chi connectivity index (χ3v) is 1.47. The fraction of sp³-hybridized carbons (Fsp3) is 0.375. The third kappa shape index (κ3) is 2.58. The van der Waals surface area contributed by atoms with Gasteiger partial charge in [0.25, 0.3) is 0 Å². The largest absolute Gasteiger partial charge is 0.448 e. The molecule has 0 N–H and O–H groups in total. The molecule has 0 atom stereocenters. The van der Waals surface area contributed by atoms with Gasteiger partial charge in [0.1, 0.15) is 6.61 Å². The van der Waals surface area contributed by atoms with Gasteiger partial charge in [0.05, 0.1) is 5.88 Å². The Morgan fingerprint density at radius 1 is 1.50 bits per heavy atom. The lowest BCUT2D eigenvalue weighted by molar-refractivity contribution is 0.133. The van der Waals surface area contributed by atoms with Crippen LogP contribution in [-0.4, -0.2) is 23.5 Å². The first-order valence-corrected chi connectivity index (χ1v) is 4.22. The molecule has 1 heterocycles. The van der Waals surface area contributed by atoms with Gasteiger partial charge in [0, 0.05) is 12.4 Å². The van der Waals surface area contributed by atoms with E-state index in [1.165, 1.54) is 4.90 Å². The number of rotatable bonds is 2. The van der Waals surface area contributed by atoms with Crippen molar-refractivity contribution in [3.63, 3.8) is 0 Å². The molecule has 4 heteroatoms. The minimum Gasteiger partial charge on any atom is -0.448 e. The highest BCUT2D eigenvalue weighted by atomic mass is 35.5. The van der Waals surface area contributed by atoms with Crippen molar-refractivity contribution in [3.8, 4) is 0 Å². The van der Waals surface area contributed by atoms with Gasteiger partial charge in [-0.3, -0.25) is 4.90 Å². The highest BCUT2D eigenvalue weighted by Gasteiger charge is 2.09. The number of hydrogen-bond acceptors (Lipinski definition) is 2. The summed E-state index contributed by atoms with van der Waals surface area (Å²) < 4.78 is 4.78. The number of hydrogen-bond donors (Lipinski definition) is 0. The van der Waals surface area contributed by atoms with Crippen LogP contribution in [0.1, 0.15) is 6.42 Å². The molecule has 1 aliphatic rings. The highest BCUT2D eigenvalue weighted by Crippen LogP contribution is 2.04. The van der Waals surface area contributed by atoms with Gasteiger partial charge in [-0.25, -0.2) is 4.79 Å². The van der Waals surface area contributed by atoms with Gasteiger partial charge in [-0.1, -0.05) is 12.2 Å². The lowest BCUT2D eigenvalue weighted by Gasteiger charge is -2.14. The summed E-state index contributed by atoms with van der Waals surface area (Å²) in [6, 6.07) is 0. The molecule has 3 nitrogen and oxygen atoms in total. The second-order valence-electron chi connectivity index (χ2n) is 2.22. The molecule has 0 saturated carbocycles. The first kappa shape index (κ1) is 9.13. The molecule has 0 aromatic carbocycles. The predicted octanol–water partition coefficient (Wildman–Crippen LogP) is 2.09. The summed E-state index contributed by atoms with van der Waals surface area (Å²) in [6.07, 6.45) is 7.58. The van der Waals surface area contributed by atoms with E-state index in [1.807, 2.05) is 12.2 Å². The third-order valence-electron chi connectivity index (χ3n) is 1.32. The fourth-order valence-corrected chi connectivity index (χ4v) is 0.876. The summed E-state index contributed by atoms with van der Waals surface area (Å²) in [5.41, 5.74) is 0. The van der Waals surface area contributed by atoms with Crippen LogP contribution in [0.25, 0.3) is 0 Å². The van der Waals surface area contributed by atoms with E-state index in [4.69, 9.17) is 16.3 Å². The molecular weight excluding hydrogens is 178 g/mol. The van der Waals surface area contributed by atoms with Crippen molar-refractivity contribution in [1.82, 2.24) is 4.90 Å². The van der Waals surface area contributed by atoms with Crippen LogP contribution in [0.5, 0.6) is 0 Å². The molecule has 0 radical (unpaired) electrons.